The highest BCUT2D eigenvalue weighted by Crippen LogP contribution is 2.17. The van der Waals surface area contributed by atoms with E-state index < -0.39 is 16.7 Å². The highest BCUT2D eigenvalue weighted by molar-refractivity contribution is 7.80. The van der Waals surface area contributed by atoms with Crippen LogP contribution >= 0.6 is 12.2 Å². The number of nitrogens with one attached hydrogen (secondary N) is 3. The van der Waals surface area contributed by atoms with E-state index in [2.05, 4.69) is 30.0 Å². The number of rotatable bonds is 7. The fourth-order valence-corrected chi connectivity index (χ4v) is 2.47. The first-order valence-electron chi connectivity index (χ1n) is 9.16. The average Bonchev–Trinajstić information content (AvgIpc) is 2.72. The molecule has 0 unspecified atom stereocenters. The quantitative estimate of drug-likeness (QED) is 0.351. The second kappa shape index (κ2) is 10.9. The number of carbonyl (C=O) groups is 2. The second-order valence-corrected chi connectivity index (χ2v) is 7.10. The molecule has 0 saturated heterocycles. The lowest BCUT2D eigenvalue weighted by molar-refractivity contribution is -0.385. The minimum atomic E-state index is -0.762. The van der Waals surface area contributed by atoms with Gasteiger partial charge in [-0.1, -0.05) is 26.0 Å². The van der Waals surface area contributed by atoms with Crippen molar-refractivity contribution < 1.29 is 19.2 Å². The predicted molar refractivity (Wildman–Crippen MR) is 115 cm³/mol. The number of carbonyl (C=O) groups excluding carboxylic acids is 2. The smallest absolute Gasteiger partial charge is 0.282 e. The molecule has 0 aliphatic carbocycles. The maximum Gasteiger partial charge on any atom is 0.282 e. The first kappa shape index (κ1) is 22.8. The monoisotopic (exact) mass is 430 g/mol. The molecule has 0 radical (unpaired) electrons. The van der Waals surface area contributed by atoms with Crippen molar-refractivity contribution in [2.24, 2.45) is 5.92 Å². The van der Waals surface area contributed by atoms with E-state index in [1.54, 1.807) is 24.3 Å². The summed E-state index contributed by atoms with van der Waals surface area (Å²) in [5, 5.41) is 13.2. The van der Waals surface area contributed by atoms with Gasteiger partial charge in [-0.25, -0.2) is 0 Å². The van der Waals surface area contributed by atoms with E-state index in [1.807, 2.05) is 0 Å². The van der Waals surface area contributed by atoms with Crippen LogP contribution in [0.1, 0.15) is 41.0 Å². The van der Waals surface area contributed by atoms with Gasteiger partial charge in [0.15, 0.2) is 5.11 Å². The Labute approximate surface area is 178 Å². The number of nitro groups is 1. The third-order valence-corrected chi connectivity index (χ3v) is 4.15. The van der Waals surface area contributed by atoms with Gasteiger partial charge in [0.25, 0.3) is 17.5 Å². The Morgan fingerprint density at radius 1 is 1.07 bits per heavy atom. The molecule has 0 saturated carbocycles. The Hall–Kier alpha value is -3.53. The fourth-order valence-electron chi connectivity index (χ4n) is 2.33. The molecule has 2 aromatic carbocycles. The molecule has 0 heterocycles. The summed E-state index contributed by atoms with van der Waals surface area (Å²) >= 11 is 4.97. The first-order chi connectivity index (χ1) is 14.3. The summed E-state index contributed by atoms with van der Waals surface area (Å²) in [6, 6.07) is 12.0. The molecule has 0 aromatic heterocycles. The predicted octanol–water partition coefficient (Wildman–Crippen LogP) is 2.97. The van der Waals surface area contributed by atoms with Crippen LogP contribution in [0.15, 0.2) is 48.5 Å². The summed E-state index contributed by atoms with van der Waals surface area (Å²) in [6.45, 7) is 4.81. The zero-order valence-corrected chi connectivity index (χ0v) is 17.3. The Morgan fingerprint density at radius 3 is 2.37 bits per heavy atom. The van der Waals surface area contributed by atoms with Crippen LogP contribution in [0.4, 0.5) is 5.69 Å². The largest absolute Gasteiger partial charge is 0.494 e. The maximum atomic E-state index is 12.2. The van der Waals surface area contributed by atoms with Gasteiger partial charge >= 0.3 is 0 Å². The highest BCUT2D eigenvalue weighted by atomic mass is 32.1. The van der Waals surface area contributed by atoms with Crippen LogP contribution in [0.2, 0.25) is 0 Å². The highest BCUT2D eigenvalue weighted by Gasteiger charge is 2.19. The third-order valence-electron chi connectivity index (χ3n) is 3.94. The van der Waals surface area contributed by atoms with Gasteiger partial charge in [-0.3, -0.25) is 35.9 Å². The van der Waals surface area contributed by atoms with Crippen molar-refractivity contribution in [1.29, 1.82) is 0 Å². The molecule has 2 rings (SSSR count). The fraction of sp³-hybridized carbons (Fsp3) is 0.250. The molecule has 2 amide bonds. The number of nitro benzene ring substituents is 1. The Balaban J connectivity index is 1.85. The molecule has 0 bridgehead atoms. The van der Waals surface area contributed by atoms with Gasteiger partial charge < -0.3 is 4.74 Å². The van der Waals surface area contributed by atoms with Gasteiger partial charge in [0.1, 0.15) is 11.3 Å². The lowest BCUT2D eigenvalue weighted by Gasteiger charge is -2.11. The second-order valence-electron chi connectivity index (χ2n) is 6.69. The SMILES string of the molecule is CC(C)CCOc1ccc(C(=O)NC(=S)NNC(=O)c2ccccc2[N+](=O)[O-])cc1. The van der Waals surface area contributed by atoms with E-state index in [1.165, 1.54) is 24.3 Å². The van der Waals surface area contributed by atoms with Gasteiger partial charge in [0, 0.05) is 11.6 Å². The zero-order chi connectivity index (χ0) is 22.1. The molecular formula is C20H22N4O5S. The van der Waals surface area contributed by atoms with Crippen molar-refractivity contribution in [3.8, 4) is 5.75 Å². The minimum Gasteiger partial charge on any atom is -0.494 e. The van der Waals surface area contributed by atoms with E-state index in [4.69, 9.17) is 17.0 Å². The van der Waals surface area contributed by atoms with Crippen LogP contribution in [0.3, 0.4) is 0 Å². The summed E-state index contributed by atoms with van der Waals surface area (Å²) in [5.41, 5.74) is 4.43. The number of benzene rings is 2. The summed E-state index contributed by atoms with van der Waals surface area (Å²) in [4.78, 5) is 34.7. The Morgan fingerprint density at radius 2 is 1.73 bits per heavy atom. The molecule has 2 aromatic rings. The van der Waals surface area contributed by atoms with E-state index in [9.17, 15) is 19.7 Å². The molecule has 0 spiro atoms. The number of para-hydroxylation sites is 1. The lowest BCUT2D eigenvalue weighted by Crippen LogP contribution is -2.48. The maximum absolute atomic E-state index is 12.2. The molecule has 0 aliphatic heterocycles. The van der Waals surface area contributed by atoms with Gasteiger partial charge in [-0.15, -0.1) is 0 Å². The normalized spacial score (nSPS) is 10.2. The van der Waals surface area contributed by atoms with Crippen molar-refractivity contribution in [3.63, 3.8) is 0 Å². The van der Waals surface area contributed by atoms with Crippen molar-refractivity contribution in [2.75, 3.05) is 6.61 Å². The summed E-state index contributed by atoms with van der Waals surface area (Å²) < 4.78 is 5.60. The van der Waals surface area contributed by atoms with Crippen molar-refractivity contribution in [1.82, 2.24) is 16.2 Å². The van der Waals surface area contributed by atoms with E-state index in [-0.39, 0.29) is 16.4 Å². The summed E-state index contributed by atoms with van der Waals surface area (Å²) in [7, 11) is 0. The van der Waals surface area contributed by atoms with Gasteiger partial charge in [0.2, 0.25) is 0 Å². The molecule has 10 heteroatoms. The average molecular weight is 430 g/mol. The van der Waals surface area contributed by atoms with E-state index >= 15 is 0 Å². The van der Waals surface area contributed by atoms with Crippen LogP contribution in [0.25, 0.3) is 0 Å². The molecule has 30 heavy (non-hydrogen) atoms. The van der Waals surface area contributed by atoms with E-state index in [0.717, 1.165) is 6.42 Å². The van der Waals surface area contributed by atoms with Gasteiger partial charge in [0.05, 0.1) is 11.5 Å². The number of ether oxygens (including phenoxy) is 1. The van der Waals surface area contributed by atoms with Crippen LogP contribution in [-0.4, -0.2) is 28.5 Å². The standard InChI is InChI=1S/C20H22N4O5S/c1-13(2)11-12-29-15-9-7-14(8-10-15)18(25)21-20(30)23-22-19(26)16-5-3-4-6-17(16)24(27)28/h3-10,13H,11-12H2,1-2H3,(H,22,26)(H2,21,23,25,30). The molecule has 3 N–H and O–H groups in total. The number of thiocarbonyl (C=S) groups is 1. The van der Waals surface area contributed by atoms with E-state index in [0.29, 0.717) is 23.8 Å². The topological polar surface area (TPSA) is 123 Å². The molecule has 9 nitrogen and oxygen atoms in total. The minimum absolute atomic E-state index is 0.141. The first-order valence-corrected chi connectivity index (χ1v) is 9.56. The molecule has 0 atom stereocenters. The van der Waals surface area contributed by atoms with Crippen LogP contribution in [-0.2, 0) is 0 Å². The number of nitrogens with zero attached hydrogens (tertiary/aromatic N) is 1. The van der Waals surface area contributed by atoms with Crippen molar-refractivity contribution >= 4 is 34.8 Å². The van der Waals surface area contributed by atoms with Crippen molar-refractivity contribution in [3.05, 3.63) is 69.8 Å². The number of hydrazine groups is 1. The molecular weight excluding hydrogens is 408 g/mol. The zero-order valence-electron chi connectivity index (χ0n) is 16.5. The third kappa shape index (κ3) is 6.82. The lowest BCUT2D eigenvalue weighted by atomic mass is 10.1. The molecule has 0 aliphatic rings. The van der Waals surface area contributed by atoms with Crippen LogP contribution in [0.5, 0.6) is 5.75 Å². The van der Waals surface area contributed by atoms with Gasteiger partial charge in [-0.2, -0.15) is 0 Å². The van der Waals surface area contributed by atoms with Crippen molar-refractivity contribution in [2.45, 2.75) is 20.3 Å². The Bertz CT molecular complexity index is 931. The van der Waals surface area contributed by atoms with Crippen LogP contribution < -0.4 is 20.9 Å². The Kier molecular flexibility index (Phi) is 8.24. The number of hydrogen-bond acceptors (Lipinski definition) is 6. The molecule has 158 valence electrons. The molecule has 0 fully saturated rings. The summed E-state index contributed by atoms with van der Waals surface area (Å²) in [6.07, 6.45) is 0.931. The van der Waals surface area contributed by atoms with Crippen LogP contribution in [0, 0.1) is 16.0 Å². The summed E-state index contributed by atoms with van der Waals surface area (Å²) in [5.74, 6) is -0.0512. The number of amides is 2. The van der Waals surface area contributed by atoms with Gasteiger partial charge in [-0.05, 0) is 54.9 Å². The number of hydrogen-bond donors (Lipinski definition) is 3.